The average molecular weight is 148 g/mol. The van der Waals surface area contributed by atoms with Gasteiger partial charge in [-0.15, -0.1) is 0 Å². The highest BCUT2D eigenvalue weighted by molar-refractivity contribution is 5.52. The Kier molecular flexibility index (Phi) is 2.70. The summed E-state index contributed by atoms with van der Waals surface area (Å²) >= 11 is 0. The van der Waals surface area contributed by atoms with Crippen LogP contribution >= 0.6 is 0 Å². The van der Waals surface area contributed by atoms with E-state index in [0.717, 1.165) is 0 Å². The van der Waals surface area contributed by atoms with E-state index in [2.05, 4.69) is 39.0 Å². The Morgan fingerprint density at radius 1 is 1.18 bits per heavy atom. The molecule has 0 saturated heterocycles. The van der Waals surface area contributed by atoms with E-state index in [-0.39, 0.29) is 0 Å². The fourth-order valence-electron chi connectivity index (χ4n) is 1.35. The van der Waals surface area contributed by atoms with E-state index in [9.17, 15) is 0 Å². The van der Waals surface area contributed by atoms with Gasteiger partial charge in [0.1, 0.15) is 0 Å². The fourth-order valence-corrected chi connectivity index (χ4v) is 1.35. The third-order valence-corrected chi connectivity index (χ3v) is 2.07. The molecular weight excluding hydrogens is 132 g/mol. The zero-order chi connectivity index (χ0) is 8.27. The molecule has 0 aliphatic heterocycles. The first-order chi connectivity index (χ1) is 5.25. The molecule has 0 N–H and O–H groups in total. The highest BCUT2D eigenvalue weighted by Crippen LogP contribution is 2.25. The van der Waals surface area contributed by atoms with Gasteiger partial charge in [0, 0.05) is 0 Å². The van der Waals surface area contributed by atoms with Gasteiger partial charge in [0.15, 0.2) is 0 Å². The number of unbranched alkanes of at least 4 members (excludes halogenated alkanes) is 1. The zero-order valence-electron chi connectivity index (χ0n) is 7.65. The molecule has 0 heteroatoms. The Morgan fingerprint density at radius 3 is 2.18 bits per heavy atom. The van der Waals surface area contributed by atoms with Crippen LogP contribution in [-0.4, -0.2) is 0 Å². The van der Waals surface area contributed by atoms with E-state index in [1.165, 1.54) is 29.6 Å². The lowest BCUT2D eigenvalue weighted by Crippen LogP contribution is -1.81. The first-order valence-electron chi connectivity index (χ1n) is 4.31. The predicted octanol–water partition coefficient (Wildman–Crippen LogP) is 3.62. The molecule has 0 aromatic carbocycles. The summed E-state index contributed by atoms with van der Waals surface area (Å²) < 4.78 is 0. The van der Waals surface area contributed by atoms with Crippen molar-refractivity contribution in [2.24, 2.45) is 0 Å². The molecule has 1 aliphatic carbocycles. The molecule has 0 spiro atoms. The molecule has 0 radical (unpaired) electrons. The van der Waals surface area contributed by atoms with Crippen molar-refractivity contribution in [3.8, 4) is 0 Å². The van der Waals surface area contributed by atoms with E-state index < -0.39 is 0 Å². The number of rotatable bonds is 2. The molecule has 0 amide bonds. The van der Waals surface area contributed by atoms with Crippen LogP contribution < -0.4 is 0 Å². The molecule has 0 fully saturated rings. The first kappa shape index (κ1) is 8.32. The van der Waals surface area contributed by atoms with Crippen molar-refractivity contribution >= 4 is 0 Å². The van der Waals surface area contributed by atoms with Crippen molar-refractivity contribution in [1.29, 1.82) is 0 Å². The van der Waals surface area contributed by atoms with Crippen LogP contribution in [0.25, 0.3) is 0 Å². The summed E-state index contributed by atoms with van der Waals surface area (Å²) in [6.07, 6.45) is 9.16. The van der Waals surface area contributed by atoms with Gasteiger partial charge in [0.05, 0.1) is 0 Å². The minimum absolute atomic E-state index is 1.20. The maximum Gasteiger partial charge on any atom is -0.0238 e. The smallest absolute Gasteiger partial charge is 0.0238 e. The summed E-state index contributed by atoms with van der Waals surface area (Å²) in [4.78, 5) is 0. The Morgan fingerprint density at radius 2 is 1.73 bits per heavy atom. The zero-order valence-corrected chi connectivity index (χ0v) is 7.65. The lowest BCUT2D eigenvalue weighted by atomic mass is 10.0. The summed E-state index contributed by atoms with van der Waals surface area (Å²) in [5.74, 6) is 0. The van der Waals surface area contributed by atoms with Crippen LogP contribution in [0.3, 0.4) is 0 Å². The van der Waals surface area contributed by atoms with Crippen LogP contribution in [0.4, 0.5) is 0 Å². The number of allylic oxidation sites excluding steroid dienone is 6. The molecule has 0 atom stereocenters. The van der Waals surface area contributed by atoms with Crippen molar-refractivity contribution in [2.45, 2.75) is 33.6 Å². The van der Waals surface area contributed by atoms with Crippen molar-refractivity contribution in [3.63, 3.8) is 0 Å². The molecule has 0 unspecified atom stereocenters. The molecule has 1 aliphatic rings. The third kappa shape index (κ3) is 1.83. The minimum Gasteiger partial charge on any atom is -0.0767 e. The van der Waals surface area contributed by atoms with Crippen LogP contribution in [0, 0.1) is 0 Å². The van der Waals surface area contributed by atoms with E-state index in [0.29, 0.717) is 0 Å². The molecule has 0 heterocycles. The van der Waals surface area contributed by atoms with Gasteiger partial charge < -0.3 is 0 Å². The maximum absolute atomic E-state index is 2.34. The highest BCUT2D eigenvalue weighted by Gasteiger charge is 2.05. The molecule has 0 nitrogen and oxygen atoms in total. The van der Waals surface area contributed by atoms with Gasteiger partial charge in [-0.1, -0.05) is 31.6 Å². The Labute approximate surface area is 69.3 Å². The summed E-state index contributed by atoms with van der Waals surface area (Å²) in [7, 11) is 0. The molecular formula is C11H16. The first-order valence-corrected chi connectivity index (χ1v) is 4.31. The van der Waals surface area contributed by atoms with E-state index in [1.54, 1.807) is 0 Å². The second-order valence-corrected chi connectivity index (χ2v) is 3.11. The topological polar surface area (TPSA) is 0 Å². The van der Waals surface area contributed by atoms with Crippen molar-refractivity contribution < 1.29 is 0 Å². The maximum atomic E-state index is 2.34. The summed E-state index contributed by atoms with van der Waals surface area (Å²) in [5, 5.41) is 0. The second-order valence-electron chi connectivity index (χ2n) is 3.11. The fraction of sp³-hybridized carbons (Fsp3) is 0.455. The molecule has 0 aromatic rings. The number of hydrogen-bond acceptors (Lipinski definition) is 0. The summed E-state index contributed by atoms with van der Waals surface area (Å²) in [5.41, 5.74) is 4.28. The van der Waals surface area contributed by atoms with Gasteiger partial charge >= 0.3 is 0 Å². The van der Waals surface area contributed by atoms with Crippen molar-refractivity contribution in [1.82, 2.24) is 0 Å². The summed E-state index contributed by atoms with van der Waals surface area (Å²) in [6, 6.07) is 0. The predicted molar refractivity (Wildman–Crippen MR) is 50.5 cm³/mol. The van der Waals surface area contributed by atoms with Gasteiger partial charge in [-0.3, -0.25) is 0 Å². The highest BCUT2D eigenvalue weighted by atomic mass is 14.1. The molecule has 0 bridgehead atoms. The lowest BCUT2D eigenvalue weighted by Gasteiger charge is -2.01. The average Bonchev–Trinajstić information content (AvgIpc) is 2.29. The third-order valence-electron chi connectivity index (χ3n) is 2.07. The monoisotopic (exact) mass is 148 g/mol. The Balaban J connectivity index is 2.71. The molecule has 0 saturated carbocycles. The van der Waals surface area contributed by atoms with Gasteiger partial charge in [0.2, 0.25) is 0 Å². The molecule has 1 rings (SSSR count). The van der Waals surface area contributed by atoms with Crippen molar-refractivity contribution in [3.05, 3.63) is 34.9 Å². The second kappa shape index (κ2) is 3.56. The molecule has 0 aromatic heterocycles. The van der Waals surface area contributed by atoms with Crippen LogP contribution in [0.1, 0.15) is 33.6 Å². The van der Waals surface area contributed by atoms with E-state index in [4.69, 9.17) is 0 Å². The molecule has 11 heavy (non-hydrogen) atoms. The molecule has 60 valence electrons. The van der Waals surface area contributed by atoms with Crippen LogP contribution in [0.15, 0.2) is 34.9 Å². The largest absolute Gasteiger partial charge is 0.0767 e. The summed E-state index contributed by atoms with van der Waals surface area (Å²) in [6.45, 7) is 6.56. The van der Waals surface area contributed by atoms with Gasteiger partial charge in [-0.05, 0) is 37.0 Å². The van der Waals surface area contributed by atoms with Crippen LogP contribution in [0.5, 0.6) is 0 Å². The normalized spacial score (nSPS) is 16.5. The standard InChI is InChI=1S/C11H16/c1-4-5-6-11-9(2)7-8-10(11)3/h6-8H,4-5H2,1-3H3. The van der Waals surface area contributed by atoms with E-state index in [1.807, 2.05) is 0 Å². The quantitative estimate of drug-likeness (QED) is 0.561. The Hall–Kier alpha value is -0.780. The number of hydrogen-bond donors (Lipinski definition) is 0. The van der Waals surface area contributed by atoms with Gasteiger partial charge in [-0.25, -0.2) is 0 Å². The van der Waals surface area contributed by atoms with E-state index >= 15 is 0 Å². The lowest BCUT2D eigenvalue weighted by molar-refractivity contribution is 0.951. The van der Waals surface area contributed by atoms with Crippen LogP contribution in [-0.2, 0) is 0 Å². The minimum atomic E-state index is 1.20. The Bertz CT molecular complexity index is 206. The van der Waals surface area contributed by atoms with Crippen LogP contribution in [0.2, 0.25) is 0 Å². The van der Waals surface area contributed by atoms with Gasteiger partial charge in [-0.2, -0.15) is 0 Å². The van der Waals surface area contributed by atoms with Crippen molar-refractivity contribution in [2.75, 3.05) is 0 Å². The van der Waals surface area contributed by atoms with Gasteiger partial charge in [0.25, 0.3) is 0 Å². The SMILES string of the molecule is CCCC=C1C(C)=CC=C1C.